The number of ether oxygens (including phenoxy) is 2. The number of piperidine rings is 1. The first-order valence-corrected chi connectivity index (χ1v) is 10.2. The lowest BCUT2D eigenvalue weighted by atomic mass is 9.97. The van der Waals surface area contributed by atoms with E-state index in [1.165, 1.54) is 7.11 Å². The van der Waals surface area contributed by atoms with Crippen molar-refractivity contribution in [3.8, 4) is 11.8 Å². The summed E-state index contributed by atoms with van der Waals surface area (Å²) in [7, 11) is 1.52. The van der Waals surface area contributed by atoms with Crippen LogP contribution in [0, 0.1) is 0 Å². The number of ketones is 1. The number of nitrogens with zero attached hydrogens (tertiary/aromatic N) is 3. The molecular weight excluding hydrogens is 394 g/mol. The highest BCUT2D eigenvalue weighted by molar-refractivity contribution is 6.15. The van der Waals surface area contributed by atoms with Gasteiger partial charge in [0.25, 0.3) is 5.91 Å². The fourth-order valence-corrected chi connectivity index (χ4v) is 3.65. The minimum absolute atomic E-state index is 0.164. The first kappa shape index (κ1) is 20.5. The van der Waals surface area contributed by atoms with Crippen LogP contribution in [0.1, 0.15) is 39.1 Å². The third-order valence-corrected chi connectivity index (χ3v) is 5.22. The lowest BCUT2D eigenvalue weighted by Crippen LogP contribution is -2.44. The summed E-state index contributed by atoms with van der Waals surface area (Å²) in [5.41, 5.74) is 1.37. The van der Waals surface area contributed by atoms with Crippen LogP contribution in [0.3, 0.4) is 0 Å². The quantitative estimate of drug-likeness (QED) is 0.572. The van der Waals surface area contributed by atoms with E-state index in [-0.39, 0.29) is 17.8 Å². The summed E-state index contributed by atoms with van der Waals surface area (Å²) >= 11 is 0. The van der Waals surface area contributed by atoms with Crippen molar-refractivity contribution < 1.29 is 19.1 Å². The number of carbonyl (C=O) groups is 2. The zero-order chi connectivity index (χ0) is 21.6. The number of carbonyl (C=O) groups excluding carboxylic acids is 2. The Kier molecular flexibility index (Phi) is 6.21. The molecule has 31 heavy (non-hydrogen) atoms. The monoisotopic (exact) mass is 417 g/mol. The molecule has 1 aliphatic heterocycles. The number of benzene rings is 2. The van der Waals surface area contributed by atoms with E-state index in [9.17, 15) is 9.59 Å². The van der Waals surface area contributed by atoms with Crippen LogP contribution >= 0.6 is 0 Å². The molecule has 0 saturated carbocycles. The highest BCUT2D eigenvalue weighted by Crippen LogP contribution is 2.22. The molecule has 7 heteroatoms. The second-order valence-electron chi connectivity index (χ2n) is 7.29. The molecule has 1 aromatic heterocycles. The first-order valence-electron chi connectivity index (χ1n) is 10.2. The molecule has 1 atom stereocenters. The highest BCUT2D eigenvalue weighted by Gasteiger charge is 2.28. The molecule has 1 aliphatic rings. The first-order chi connectivity index (χ1) is 15.2. The van der Waals surface area contributed by atoms with Gasteiger partial charge >= 0.3 is 0 Å². The molecule has 7 nitrogen and oxygen atoms in total. The predicted octanol–water partition coefficient (Wildman–Crippen LogP) is 3.40. The largest absolute Gasteiger partial charge is 0.480 e. The standard InChI is InChI=1S/C24H23N3O4/c1-30-21-13-14-22(26-25-21)31-18-10-7-15-27(16-18)24(29)20-12-6-5-11-19(20)23(28)17-8-3-2-4-9-17/h2-6,8-9,11-14,18H,7,10,15-16H2,1H3. The number of amides is 1. The van der Waals surface area contributed by atoms with Gasteiger partial charge in [0.15, 0.2) is 5.78 Å². The normalized spacial score (nSPS) is 15.9. The molecule has 0 radical (unpaired) electrons. The van der Waals surface area contributed by atoms with Gasteiger partial charge < -0.3 is 14.4 Å². The van der Waals surface area contributed by atoms with Gasteiger partial charge in [0.2, 0.25) is 11.8 Å². The molecule has 2 aromatic carbocycles. The summed E-state index contributed by atoms with van der Waals surface area (Å²) in [5.74, 6) is 0.462. The number of methoxy groups -OCH3 is 1. The van der Waals surface area contributed by atoms with Crippen molar-refractivity contribution in [2.75, 3.05) is 20.2 Å². The Balaban J connectivity index is 1.49. The molecule has 2 heterocycles. The zero-order valence-corrected chi connectivity index (χ0v) is 17.2. The van der Waals surface area contributed by atoms with E-state index >= 15 is 0 Å². The molecule has 4 rings (SSSR count). The van der Waals surface area contributed by atoms with Gasteiger partial charge in [0.1, 0.15) is 6.10 Å². The van der Waals surface area contributed by atoms with Gasteiger partial charge in [-0.1, -0.05) is 48.5 Å². The number of hydrogen-bond donors (Lipinski definition) is 0. The van der Waals surface area contributed by atoms with Crippen molar-refractivity contribution in [3.63, 3.8) is 0 Å². The molecule has 1 saturated heterocycles. The summed E-state index contributed by atoms with van der Waals surface area (Å²) in [6.45, 7) is 1.03. The molecule has 1 unspecified atom stereocenters. The number of likely N-dealkylation sites (tertiary alicyclic amines) is 1. The van der Waals surface area contributed by atoms with Crippen molar-refractivity contribution in [2.24, 2.45) is 0 Å². The Labute approximate surface area is 180 Å². The molecule has 1 fully saturated rings. The van der Waals surface area contributed by atoms with Crippen LogP contribution < -0.4 is 9.47 Å². The van der Waals surface area contributed by atoms with E-state index in [4.69, 9.17) is 9.47 Å². The molecule has 1 amide bonds. The number of rotatable bonds is 6. The second kappa shape index (κ2) is 9.38. The number of aromatic nitrogens is 2. The van der Waals surface area contributed by atoms with Crippen LogP contribution in [0.25, 0.3) is 0 Å². The smallest absolute Gasteiger partial charge is 0.254 e. The fraction of sp³-hybridized carbons (Fsp3) is 0.250. The van der Waals surface area contributed by atoms with Crippen molar-refractivity contribution in [2.45, 2.75) is 18.9 Å². The van der Waals surface area contributed by atoms with Gasteiger partial charge in [0, 0.05) is 29.8 Å². The van der Waals surface area contributed by atoms with E-state index < -0.39 is 0 Å². The van der Waals surface area contributed by atoms with E-state index in [2.05, 4.69) is 10.2 Å². The lowest BCUT2D eigenvalue weighted by molar-refractivity contribution is 0.0523. The van der Waals surface area contributed by atoms with Gasteiger partial charge in [-0.25, -0.2) is 0 Å². The van der Waals surface area contributed by atoms with E-state index in [0.29, 0.717) is 41.5 Å². The van der Waals surface area contributed by atoms with Crippen LogP contribution in [0.2, 0.25) is 0 Å². The van der Waals surface area contributed by atoms with E-state index in [0.717, 1.165) is 12.8 Å². The van der Waals surface area contributed by atoms with Crippen molar-refractivity contribution in [1.82, 2.24) is 15.1 Å². The van der Waals surface area contributed by atoms with Gasteiger partial charge in [0.05, 0.1) is 19.2 Å². The predicted molar refractivity (Wildman–Crippen MR) is 114 cm³/mol. The summed E-state index contributed by atoms with van der Waals surface area (Å²) in [5, 5.41) is 7.91. The topological polar surface area (TPSA) is 81.6 Å². The van der Waals surface area contributed by atoms with Crippen molar-refractivity contribution in [1.29, 1.82) is 0 Å². The summed E-state index contributed by atoms with van der Waals surface area (Å²) < 4.78 is 10.9. The SMILES string of the molecule is COc1ccc(OC2CCCN(C(=O)c3ccccc3C(=O)c3ccccc3)C2)nn1. The van der Waals surface area contributed by atoms with Crippen LogP contribution in [0.15, 0.2) is 66.7 Å². The Bertz CT molecular complexity index is 1050. The van der Waals surface area contributed by atoms with Gasteiger partial charge in [-0.05, 0) is 18.9 Å². The minimum atomic E-state index is -0.197. The fourth-order valence-electron chi connectivity index (χ4n) is 3.65. The van der Waals surface area contributed by atoms with Crippen LogP contribution in [0.5, 0.6) is 11.8 Å². The van der Waals surface area contributed by atoms with Gasteiger partial charge in [-0.2, -0.15) is 0 Å². The maximum Gasteiger partial charge on any atom is 0.254 e. The molecule has 158 valence electrons. The van der Waals surface area contributed by atoms with Gasteiger partial charge in [-0.3, -0.25) is 9.59 Å². The van der Waals surface area contributed by atoms with Crippen molar-refractivity contribution >= 4 is 11.7 Å². The molecule has 3 aromatic rings. The van der Waals surface area contributed by atoms with Gasteiger partial charge in [-0.15, -0.1) is 10.2 Å². The summed E-state index contributed by atoms with van der Waals surface area (Å²) in [4.78, 5) is 28.0. The second-order valence-corrected chi connectivity index (χ2v) is 7.29. The average molecular weight is 417 g/mol. The lowest BCUT2D eigenvalue weighted by Gasteiger charge is -2.33. The Morgan fingerprint density at radius 2 is 1.58 bits per heavy atom. The molecular formula is C24H23N3O4. The summed E-state index contributed by atoms with van der Waals surface area (Å²) in [6.07, 6.45) is 1.41. The zero-order valence-electron chi connectivity index (χ0n) is 17.2. The Morgan fingerprint density at radius 1 is 0.903 bits per heavy atom. The van der Waals surface area contributed by atoms with E-state index in [1.54, 1.807) is 53.4 Å². The third-order valence-electron chi connectivity index (χ3n) is 5.22. The molecule has 0 N–H and O–H groups in total. The van der Waals surface area contributed by atoms with Crippen LogP contribution in [-0.4, -0.2) is 53.1 Å². The molecule has 0 spiro atoms. The van der Waals surface area contributed by atoms with Crippen LogP contribution in [-0.2, 0) is 0 Å². The molecule has 0 aliphatic carbocycles. The Hall–Kier alpha value is -3.74. The van der Waals surface area contributed by atoms with E-state index in [1.807, 2.05) is 18.2 Å². The highest BCUT2D eigenvalue weighted by atomic mass is 16.5. The third kappa shape index (κ3) is 4.71. The number of hydrogen-bond acceptors (Lipinski definition) is 6. The van der Waals surface area contributed by atoms with Crippen LogP contribution in [0.4, 0.5) is 0 Å². The molecule has 0 bridgehead atoms. The average Bonchev–Trinajstić information content (AvgIpc) is 2.84. The summed E-state index contributed by atoms with van der Waals surface area (Å²) in [6, 6.07) is 19.3. The maximum absolute atomic E-state index is 13.3. The maximum atomic E-state index is 13.3. The van der Waals surface area contributed by atoms with Crippen molar-refractivity contribution in [3.05, 3.63) is 83.4 Å². The Morgan fingerprint density at radius 3 is 2.29 bits per heavy atom. The minimum Gasteiger partial charge on any atom is -0.480 e.